The Morgan fingerprint density at radius 3 is 2.76 bits per heavy atom. The van der Waals surface area contributed by atoms with E-state index in [1.807, 2.05) is 0 Å². The number of hydrogen-bond donors (Lipinski definition) is 0. The van der Waals surface area contributed by atoms with Crippen molar-refractivity contribution in [3.05, 3.63) is 62.9 Å². The highest BCUT2D eigenvalue weighted by Crippen LogP contribution is 2.36. The van der Waals surface area contributed by atoms with Crippen LogP contribution in [0.15, 0.2) is 34.8 Å². The SMILES string of the molecule is Cc1cc(F)ccc1N1Cc2c(Br)ccc(C#N)c2C1=O. The molecule has 0 fully saturated rings. The fourth-order valence-corrected chi connectivity index (χ4v) is 3.05. The van der Waals surface area contributed by atoms with E-state index in [1.54, 1.807) is 30.0 Å². The number of amides is 1. The average Bonchev–Trinajstić information content (AvgIpc) is 2.79. The zero-order valence-corrected chi connectivity index (χ0v) is 12.7. The summed E-state index contributed by atoms with van der Waals surface area (Å²) in [4.78, 5) is 14.2. The van der Waals surface area contributed by atoms with E-state index in [2.05, 4.69) is 22.0 Å². The minimum Gasteiger partial charge on any atom is -0.304 e. The molecule has 0 radical (unpaired) electrons. The minimum absolute atomic E-state index is 0.224. The quantitative estimate of drug-likeness (QED) is 0.786. The molecule has 0 atom stereocenters. The van der Waals surface area contributed by atoms with Gasteiger partial charge in [-0.2, -0.15) is 5.26 Å². The standard InChI is InChI=1S/C16H10BrFN2O/c1-9-6-11(18)3-5-14(9)20-8-12-13(17)4-2-10(7-19)15(12)16(20)21/h2-6H,8H2,1H3. The first-order chi connectivity index (χ1) is 10.0. The number of hydrogen-bond acceptors (Lipinski definition) is 2. The zero-order valence-electron chi connectivity index (χ0n) is 11.2. The van der Waals surface area contributed by atoms with Crippen molar-refractivity contribution in [2.75, 3.05) is 4.90 Å². The smallest absolute Gasteiger partial charge is 0.260 e. The van der Waals surface area contributed by atoms with E-state index < -0.39 is 0 Å². The van der Waals surface area contributed by atoms with E-state index in [9.17, 15) is 14.4 Å². The van der Waals surface area contributed by atoms with Crippen molar-refractivity contribution in [3.8, 4) is 6.07 Å². The number of nitriles is 1. The highest BCUT2D eigenvalue weighted by Gasteiger charge is 2.33. The Hall–Kier alpha value is -2.19. The number of benzene rings is 2. The molecule has 21 heavy (non-hydrogen) atoms. The molecule has 3 nitrogen and oxygen atoms in total. The highest BCUT2D eigenvalue weighted by atomic mass is 79.9. The Bertz CT molecular complexity index is 811. The van der Waals surface area contributed by atoms with Crippen LogP contribution in [-0.2, 0) is 6.54 Å². The molecule has 0 unspecified atom stereocenters. The maximum Gasteiger partial charge on any atom is 0.260 e. The van der Waals surface area contributed by atoms with Crippen LogP contribution in [0, 0.1) is 24.1 Å². The van der Waals surface area contributed by atoms with Gasteiger partial charge in [0.2, 0.25) is 0 Å². The van der Waals surface area contributed by atoms with Gasteiger partial charge in [0.05, 0.1) is 23.7 Å². The molecule has 0 N–H and O–H groups in total. The second-order valence-corrected chi connectivity index (χ2v) is 5.74. The molecule has 0 bridgehead atoms. The molecule has 0 aromatic heterocycles. The minimum atomic E-state index is -0.334. The van der Waals surface area contributed by atoms with Gasteiger partial charge in [-0.25, -0.2) is 4.39 Å². The fourth-order valence-electron chi connectivity index (χ4n) is 2.60. The van der Waals surface area contributed by atoms with Crippen molar-refractivity contribution in [2.45, 2.75) is 13.5 Å². The molecule has 2 aromatic carbocycles. The maximum absolute atomic E-state index is 13.2. The van der Waals surface area contributed by atoms with Gasteiger partial charge in [0.25, 0.3) is 5.91 Å². The van der Waals surface area contributed by atoms with Gasteiger partial charge < -0.3 is 4.90 Å². The van der Waals surface area contributed by atoms with E-state index in [0.717, 1.165) is 10.0 Å². The van der Waals surface area contributed by atoms with Crippen LogP contribution in [0.3, 0.4) is 0 Å². The molecular weight excluding hydrogens is 335 g/mol. The first kappa shape index (κ1) is 13.8. The molecule has 0 saturated carbocycles. The van der Waals surface area contributed by atoms with Crippen molar-refractivity contribution in [2.24, 2.45) is 0 Å². The first-order valence-corrected chi connectivity index (χ1v) is 7.11. The number of fused-ring (bicyclic) bond motifs is 1. The topological polar surface area (TPSA) is 44.1 Å². The number of carbonyl (C=O) groups excluding carboxylic acids is 1. The molecule has 0 spiro atoms. The van der Waals surface area contributed by atoms with Crippen molar-refractivity contribution < 1.29 is 9.18 Å². The lowest BCUT2D eigenvalue weighted by Gasteiger charge is -2.18. The number of halogens is 2. The summed E-state index contributed by atoms with van der Waals surface area (Å²) in [6, 6.07) is 9.77. The van der Waals surface area contributed by atoms with Crippen molar-refractivity contribution in [3.63, 3.8) is 0 Å². The molecule has 1 amide bonds. The van der Waals surface area contributed by atoms with Crippen LogP contribution in [0.4, 0.5) is 10.1 Å². The molecule has 5 heteroatoms. The highest BCUT2D eigenvalue weighted by molar-refractivity contribution is 9.10. The second-order valence-electron chi connectivity index (χ2n) is 4.88. The van der Waals surface area contributed by atoms with Gasteiger partial charge in [-0.15, -0.1) is 0 Å². The van der Waals surface area contributed by atoms with Gasteiger partial charge >= 0.3 is 0 Å². The summed E-state index contributed by atoms with van der Waals surface area (Å²) in [6.45, 7) is 2.13. The van der Waals surface area contributed by atoms with Gasteiger partial charge in [0.15, 0.2) is 0 Å². The third-order valence-corrected chi connectivity index (χ3v) is 4.34. The first-order valence-electron chi connectivity index (χ1n) is 6.32. The van der Waals surface area contributed by atoms with Gasteiger partial charge in [-0.1, -0.05) is 15.9 Å². The predicted molar refractivity (Wildman–Crippen MR) is 80.5 cm³/mol. The number of nitrogens with zero attached hydrogens (tertiary/aromatic N) is 2. The Kier molecular flexibility index (Phi) is 3.26. The monoisotopic (exact) mass is 344 g/mol. The van der Waals surface area contributed by atoms with E-state index in [-0.39, 0.29) is 11.7 Å². The van der Waals surface area contributed by atoms with Crippen LogP contribution < -0.4 is 4.90 Å². The van der Waals surface area contributed by atoms with Crippen LogP contribution in [0.25, 0.3) is 0 Å². The Balaban J connectivity index is 2.13. The number of anilines is 1. The van der Waals surface area contributed by atoms with E-state index in [1.165, 1.54) is 12.1 Å². The van der Waals surface area contributed by atoms with E-state index in [4.69, 9.17) is 0 Å². The zero-order chi connectivity index (χ0) is 15.1. The van der Waals surface area contributed by atoms with Crippen LogP contribution >= 0.6 is 15.9 Å². The van der Waals surface area contributed by atoms with E-state index >= 15 is 0 Å². The number of rotatable bonds is 1. The third-order valence-electron chi connectivity index (χ3n) is 3.60. The normalized spacial score (nSPS) is 13.2. The van der Waals surface area contributed by atoms with Gasteiger partial charge in [0.1, 0.15) is 5.82 Å². The summed E-state index contributed by atoms with van der Waals surface area (Å²) in [5.74, 6) is -0.558. The van der Waals surface area contributed by atoms with Crippen LogP contribution in [0.2, 0.25) is 0 Å². The van der Waals surface area contributed by atoms with Gasteiger partial charge in [-0.05, 0) is 42.8 Å². The average molecular weight is 345 g/mol. The predicted octanol–water partition coefficient (Wildman–Crippen LogP) is 3.93. The summed E-state index contributed by atoms with van der Waals surface area (Å²) < 4.78 is 14.0. The largest absolute Gasteiger partial charge is 0.304 e. The molecule has 3 rings (SSSR count). The number of carbonyl (C=O) groups is 1. The molecule has 104 valence electrons. The lowest BCUT2D eigenvalue weighted by Crippen LogP contribution is -2.24. The van der Waals surface area contributed by atoms with Crippen molar-refractivity contribution >= 4 is 27.5 Å². The molecule has 1 aliphatic rings. The summed E-state index contributed by atoms with van der Waals surface area (Å²) in [7, 11) is 0. The summed E-state index contributed by atoms with van der Waals surface area (Å²) in [5.41, 5.74) is 2.93. The molecular formula is C16H10BrFN2O. The van der Waals surface area contributed by atoms with Gasteiger partial charge in [0, 0.05) is 15.7 Å². The Morgan fingerprint density at radius 2 is 2.10 bits per heavy atom. The summed E-state index contributed by atoms with van der Waals surface area (Å²) >= 11 is 3.42. The second kappa shape index (κ2) is 4.97. The molecule has 0 saturated heterocycles. The molecule has 1 heterocycles. The van der Waals surface area contributed by atoms with Gasteiger partial charge in [-0.3, -0.25) is 4.79 Å². The summed E-state index contributed by atoms with van der Waals surface area (Å²) in [5, 5.41) is 9.17. The number of aryl methyl sites for hydroxylation is 1. The van der Waals surface area contributed by atoms with Crippen molar-refractivity contribution in [1.82, 2.24) is 0 Å². The van der Waals surface area contributed by atoms with Crippen LogP contribution in [-0.4, -0.2) is 5.91 Å². The third kappa shape index (κ3) is 2.12. The van der Waals surface area contributed by atoms with Crippen LogP contribution in [0.5, 0.6) is 0 Å². The van der Waals surface area contributed by atoms with E-state index in [0.29, 0.717) is 28.9 Å². The maximum atomic E-state index is 13.2. The van der Waals surface area contributed by atoms with Crippen LogP contribution in [0.1, 0.15) is 27.0 Å². The molecule has 1 aliphatic heterocycles. The van der Waals surface area contributed by atoms with Crippen molar-refractivity contribution in [1.29, 1.82) is 5.26 Å². The molecule has 0 aliphatic carbocycles. The molecule has 2 aromatic rings. The lowest BCUT2D eigenvalue weighted by atomic mass is 10.0. The summed E-state index contributed by atoms with van der Waals surface area (Å²) in [6.07, 6.45) is 0. The Morgan fingerprint density at radius 1 is 1.33 bits per heavy atom. The Labute approximate surface area is 129 Å². The fraction of sp³-hybridized carbons (Fsp3) is 0.125. The lowest BCUT2D eigenvalue weighted by molar-refractivity contribution is 0.0996.